The molecule has 0 spiro atoms. The Balaban J connectivity index is 1.69. The van der Waals surface area contributed by atoms with Gasteiger partial charge in [0.05, 0.1) is 25.7 Å². The summed E-state index contributed by atoms with van der Waals surface area (Å²) in [6.07, 6.45) is 2.11. The predicted molar refractivity (Wildman–Crippen MR) is 64.2 cm³/mol. The third-order valence-corrected chi connectivity index (χ3v) is 3.30. The smallest absolute Gasteiger partial charge is 0.306 e. The molecule has 0 aromatic rings. The van der Waals surface area contributed by atoms with E-state index in [0.29, 0.717) is 26.2 Å². The number of hydrogen-bond donors (Lipinski definition) is 2. The van der Waals surface area contributed by atoms with Crippen LogP contribution in [-0.2, 0) is 14.3 Å². The Labute approximate surface area is 106 Å². The van der Waals surface area contributed by atoms with Crippen molar-refractivity contribution in [3.63, 3.8) is 0 Å². The molecule has 0 aromatic heterocycles. The Morgan fingerprint density at radius 2 is 2.17 bits per heavy atom. The molecular formula is C12H20N2O4. The molecule has 6 nitrogen and oxygen atoms in total. The number of aliphatic carboxylic acids is 1. The van der Waals surface area contributed by atoms with Gasteiger partial charge in [-0.1, -0.05) is 0 Å². The number of amides is 1. The molecule has 0 bridgehead atoms. The van der Waals surface area contributed by atoms with Gasteiger partial charge in [0.2, 0.25) is 5.91 Å². The van der Waals surface area contributed by atoms with Crippen molar-refractivity contribution in [3.8, 4) is 0 Å². The maximum absolute atomic E-state index is 11.9. The average Bonchev–Trinajstić information content (AvgIpc) is 3.12. The number of rotatable bonds is 6. The van der Waals surface area contributed by atoms with E-state index in [4.69, 9.17) is 9.84 Å². The minimum absolute atomic E-state index is 0.0364. The van der Waals surface area contributed by atoms with Gasteiger partial charge in [0.1, 0.15) is 0 Å². The highest BCUT2D eigenvalue weighted by molar-refractivity contribution is 5.78. The standard InChI is InChI=1S/C12H20N2O4/c15-11(7-13-6-9-1-2-9)14-3-4-18-10(8-14)5-12(16)17/h9-10,13H,1-8H2,(H,16,17). The lowest BCUT2D eigenvalue weighted by atomic mass is 10.2. The Kier molecular flexibility index (Phi) is 4.54. The summed E-state index contributed by atoms with van der Waals surface area (Å²) in [4.78, 5) is 24.2. The molecular weight excluding hydrogens is 236 g/mol. The lowest BCUT2D eigenvalue weighted by molar-refractivity contribution is -0.147. The van der Waals surface area contributed by atoms with Crippen molar-refractivity contribution >= 4 is 11.9 Å². The average molecular weight is 256 g/mol. The molecule has 1 saturated heterocycles. The van der Waals surface area contributed by atoms with Crippen molar-refractivity contribution in [1.29, 1.82) is 0 Å². The number of morpholine rings is 1. The number of nitrogens with zero attached hydrogens (tertiary/aromatic N) is 1. The van der Waals surface area contributed by atoms with Crippen LogP contribution in [0.4, 0.5) is 0 Å². The van der Waals surface area contributed by atoms with Crippen LogP contribution in [0.2, 0.25) is 0 Å². The fourth-order valence-corrected chi connectivity index (χ4v) is 2.08. The molecule has 0 radical (unpaired) electrons. The van der Waals surface area contributed by atoms with Crippen molar-refractivity contribution in [1.82, 2.24) is 10.2 Å². The van der Waals surface area contributed by atoms with Gasteiger partial charge in [-0.05, 0) is 25.3 Å². The zero-order valence-electron chi connectivity index (χ0n) is 10.4. The molecule has 2 rings (SSSR count). The highest BCUT2D eigenvalue weighted by Gasteiger charge is 2.26. The van der Waals surface area contributed by atoms with Crippen LogP contribution in [-0.4, -0.2) is 60.8 Å². The van der Waals surface area contributed by atoms with E-state index in [1.165, 1.54) is 12.8 Å². The second-order valence-corrected chi connectivity index (χ2v) is 5.00. The quantitative estimate of drug-likeness (QED) is 0.681. The van der Waals surface area contributed by atoms with Crippen LogP contribution in [0.15, 0.2) is 0 Å². The Hall–Kier alpha value is -1.14. The van der Waals surface area contributed by atoms with Gasteiger partial charge in [-0.3, -0.25) is 9.59 Å². The third-order valence-electron chi connectivity index (χ3n) is 3.30. The number of carbonyl (C=O) groups is 2. The fraction of sp³-hybridized carbons (Fsp3) is 0.833. The summed E-state index contributed by atoms with van der Waals surface area (Å²) in [7, 11) is 0. The fourth-order valence-electron chi connectivity index (χ4n) is 2.08. The lowest BCUT2D eigenvalue weighted by Gasteiger charge is -2.32. The van der Waals surface area contributed by atoms with Gasteiger partial charge >= 0.3 is 5.97 Å². The summed E-state index contributed by atoms with van der Waals surface area (Å²) in [5.74, 6) is -0.0993. The zero-order chi connectivity index (χ0) is 13.0. The summed E-state index contributed by atoms with van der Waals surface area (Å²) in [6.45, 7) is 2.62. The minimum Gasteiger partial charge on any atom is -0.481 e. The Morgan fingerprint density at radius 3 is 2.83 bits per heavy atom. The summed E-state index contributed by atoms with van der Waals surface area (Å²) >= 11 is 0. The summed E-state index contributed by atoms with van der Waals surface area (Å²) in [5, 5.41) is 11.9. The molecule has 1 saturated carbocycles. The van der Waals surface area contributed by atoms with E-state index >= 15 is 0 Å². The minimum atomic E-state index is -0.888. The van der Waals surface area contributed by atoms with E-state index in [1.54, 1.807) is 4.90 Å². The van der Waals surface area contributed by atoms with Crippen LogP contribution >= 0.6 is 0 Å². The molecule has 2 N–H and O–H groups in total. The lowest BCUT2D eigenvalue weighted by Crippen LogP contribution is -2.49. The molecule has 2 aliphatic rings. The summed E-state index contributed by atoms with van der Waals surface area (Å²) in [6, 6.07) is 0. The van der Waals surface area contributed by atoms with E-state index in [9.17, 15) is 9.59 Å². The van der Waals surface area contributed by atoms with Crippen molar-refractivity contribution in [2.45, 2.75) is 25.4 Å². The first-order valence-electron chi connectivity index (χ1n) is 6.47. The molecule has 18 heavy (non-hydrogen) atoms. The van der Waals surface area contributed by atoms with Gasteiger partial charge in [0.15, 0.2) is 0 Å². The number of carboxylic acid groups (broad SMARTS) is 1. The molecule has 6 heteroatoms. The molecule has 1 aliphatic heterocycles. The Bertz CT molecular complexity index is 317. The third kappa shape index (κ3) is 4.27. The van der Waals surface area contributed by atoms with Crippen molar-refractivity contribution < 1.29 is 19.4 Å². The number of carboxylic acids is 1. The molecule has 1 amide bonds. The zero-order valence-corrected chi connectivity index (χ0v) is 10.4. The van der Waals surface area contributed by atoms with E-state index in [0.717, 1.165) is 12.5 Å². The van der Waals surface area contributed by atoms with E-state index in [1.807, 2.05) is 0 Å². The van der Waals surface area contributed by atoms with Gasteiger partial charge in [-0.15, -0.1) is 0 Å². The molecule has 1 heterocycles. The van der Waals surface area contributed by atoms with E-state index in [-0.39, 0.29) is 18.4 Å². The van der Waals surface area contributed by atoms with Crippen molar-refractivity contribution in [2.75, 3.05) is 32.8 Å². The molecule has 1 unspecified atom stereocenters. The van der Waals surface area contributed by atoms with Crippen LogP contribution < -0.4 is 5.32 Å². The monoisotopic (exact) mass is 256 g/mol. The topological polar surface area (TPSA) is 78.9 Å². The Morgan fingerprint density at radius 1 is 1.39 bits per heavy atom. The number of hydrogen-bond acceptors (Lipinski definition) is 4. The maximum atomic E-state index is 11.9. The normalized spacial score (nSPS) is 24.0. The van der Waals surface area contributed by atoms with Crippen molar-refractivity contribution in [2.24, 2.45) is 5.92 Å². The number of carbonyl (C=O) groups excluding carboxylic acids is 1. The maximum Gasteiger partial charge on any atom is 0.306 e. The highest BCUT2D eigenvalue weighted by atomic mass is 16.5. The van der Waals surface area contributed by atoms with Crippen LogP contribution in [0.1, 0.15) is 19.3 Å². The van der Waals surface area contributed by atoms with Crippen LogP contribution in [0.3, 0.4) is 0 Å². The largest absolute Gasteiger partial charge is 0.481 e. The predicted octanol–water partition coefficient (Wildman–Crippen LogP) is -0.312. The van der Waals surface area contributed by atoms with Gasteiger partial charge < -0.3 is 20.1 Å². The second kappa shape index (κ2) is 6.15. The van der Waals surface area contributed by atoms with Gasteiger partial charge in [0.25, 0.3) is 0 Å². The van der Waals surface area contributed by atoms with Crippen LogP contribution in [0, 0.1) is 5.92 Å². The SMILES string of the molecule is O=C(O)CC1CN(C(=O)CNCC2CC2)CCO1. The number of ether oxygens (including phenoxy) is 1. The summed E-state index contributed by atoms with van der Waals surface area (Å²) < 4.78 is 5.33. The van der Waals surface area contributed by atoms with Gasteiger partial charge in [-0.2, -0.15) is 0 Å². The first-order chi connectivity index (χ1) is 8.65. The molecule has 102 valence electrons. The molecule has 1 atom stereocenters. The van der Waals surface area contributed by atoms with Gasteiger partial charge in [-0.25, -0.2) is 0 Å². The highest BCUT2D eigenvalue weighted by Crippen LogP contribution is 2.27. The summed E-state index contributed by atoms with van der Waals surface area (Å²) in [5.41, 5.74) is 0. The number of nitrogens with one attached hydrogen (secondary N) is 1. The van der Waals surface area contributed by atoms with Crippen LogP contribution in [0.5, 0.6) is 0 Å². The van der Waals surface area contributed by atoms with Crippen LogP contribution in [0.25, 0.3) is 0 Å². The first kappa shape index (κ1) is 13.3. The first-order valence-corrected chi connectivity index (χ1v) is 6.47. The van der Waals surface area contributed by atoms with E-state index in [2.05, 4.69) is 5.32 Å². The molecule has 0 aromatic carbocycles. The van der Waals surface area contributed by atoms with Gasteiger partial charge in [0, 0.05) is 13.1 Å². The van der Waals surface area contributed by atoms with E-state index < -0.39 is 5.97 Å². The molecule has 2 fully saturated rings. The van der Waals surface area contributed by atoms with Crippen molar-refractivity contribution in [3.05, 3.63) is 0 Å². The second-order valence-electron chi connectivity index (χ2n) is 5.00. The molecule has 1 aliphatic carbocycles.